The van der Waals surface area contributed by atoms with E-state index in [4.69, 9.17) is 0 Å². The van der Waals surface area contributed by atoms with E-state index in [0.717, 1.165) is 16.9 Å². The number of carbonyl (C=O) groups excluding carboxylic acids is 1. The second kappa shape index (κ2) is 11.2. The third-order valence-corrected chi connectivity index (χ3v) is 7.97. The number of thioether (sulfide) groups is 1. The lowest BCUT2D eigenvalue weighted by atomic mass is 10.0. The van der Waals surface area contributed by atoms with Gasteiger partial charge < -0.3 is 5.32 Å². The van der Waals surface area contributed by atoms with E-state index in [1.165, 1.54) is 51.6 Å². The van der Waals surface area contributed by atoms with Crippen LogP contribution < -0.4 is 5.32 Å². The van der Waals surface area contributed by atoms with Gasteiger partial charge in [0.2, 0.25) is 5.91 Å². The highest BCUT2D eigenvalue weighted by atomic mass is 32.2. The molecule has 1 amide bonds. The number of hydrogen-bond donors (Lipinski definition) is 1. The van der Waals surface area contributed by atoms with E-state index in [1.54, 1.807) is 12.1 Å². The highest BCUT2D eigenvalue weighted by molar-refractivity contribution is 7.99. The summed E-state index contributed by atoms with van der Waals surface area (Å²) in [6.07, 6.45) is 2.55. The van der Waals surface area contributed by atoms with Crippen molar-refractivity contribution in [3.05, 3.63) is 120 Å². The van der Waals surface area contributed by atoms with Crippen LogP contribution in [0.4, 0.5) is 9.52 Å². The maximum Gasteiger partial charge on any atom is 0.236 e. The summed E-state index contributed by atoms with van der Waals surface area (Å²) in [4.78, 5) is 18.3. The lowest BCUT2D eigenvalue weighted by Gasteiger charge is -2.10. The largest absolute Gasteiger partial charge is 0.301 e. The van der Waals surface area contributed by atoms with Gasteiger partial charge in [0.25, 0.3) is 0 Å². The molecule has 6 nitrogen and oxygen atoms in total. The number of aromatic nitrogens is 4. The monoisotopic (exact) mass is 551 g/mol. The van der Waals surface area contributed by atoms with E-state index in [-0.39, 0.29) is 17.5 Å². The molecule has 1 N–H and O–H groups in total. The molecule has 0 saturated heterocycles. The van der Waals surface area contributed by atoms with Crippen LogP contribution in [0.15, 0.2) is 108 Å². The smallest absolute Gasteiger partial charge is 0.236 e. The van der Waals surface area contributed by atoms with Crippen molar-refractivity contribution in [1.82, 2.24) is 19.7 Å². The van der Waals surface area contributed by atoms with Gasteiger partial charge in [-0.2, -0.15) is 0 Å². The average Bonchev–Trinajstić information content (AvgIpc) is 3.60. The zero-order valence-corrected chi connectivity index (χ0v) is 22.3. The number of rotatable bonds is 8. The summed E-state index contributed by atoms with van der Waals surface area (Å²) in [7, 11) is 0. The Balaban J connectivity index is 1.16. The number of benzene rings is 4. The van der Waals surface area contributed by atoms with E-state index in [9.17, 15) is 9.18 Å². The van der Waals surface area contributed by atoms with Crippen LogP contribution in [0.2, 0.25) is 0 Å². The summed E-state index contributed by atoms with van der Waals surface area (Å²) in [6, 6.07) is 30.4. The predicted octanol–water partition coefficient (Wildman–Crippen LogP) is 7.00. The number of fused-ring (bicyclic) bond motifs is 1. The normalized spacial score (nSPS) is 11.1. The van der Waals surface area contributed by atoms with Crippen molar-refractivity contribution < 1.29 is 9.18 Å². The van der Waals surface area contributed by atoms with Gasteiger partial charge in [-0.15, -0.1) is 21.5 Å². The van der Waals surface area contributed by atoms with Crippen LogP contribution in [0.5, 0.6) is 0 Å². The lowest BCUT2D eigenvalue weighted by molar-refractivity contribution is -0.113. The molecule has 6 aromatic rings. The van der Waals surface area contributed by atoms with Crippen LogP contribution in [0.1, 0.15) is 10.4 Å². The van der Waals surface area contributed by atoms with Gasteiger partial charge in [0.05, 0.1) is 5.75 Å². The molecule has 0 bridgehead atoms. The second-order valence-electron chi connectivity index (χ2n) is 8.77. The van der Waals surface area contributed by atoms with Crippen molar-refractivity contribution in [3.8, 4) is 17.1 Å². The van der Waals surface area contributed by atoms with Crippen molar-refractivity contribution in [2.45, 2.75) is 11.6 Å². The number of carbonyl (C=O) groups is 1. The molecular weight excluding hydrogens is 529 g/mol. The number of hydrogen-bond acceptors (Lipinski definition) is 6. The topological polar surface area (TPSA) is 72.7 Å². The molecule has 2 heterocycles. The molecule has 0 spiro atoms. The van der Waals surface area contributed by atoms with Crippen molar-refractivity contribution in [3.63, 3.8) is 0 Å². The van der Waals surface area contributed by atoms with Crippen molar-refractivity contribution >= 4 is 44.9 Å². The van der Waals surface area contributed by atoms with Gasteiger partial charge >= 0.3 is 0 Å². The SMILES string of the molecule is O=C(CSc1nnc(-c2ccccc2)n1-c1ccc(F)cc1)Nc1ncc(Cc2cccc3ccccc23)s1. The number of thiazole rings is 1. The van der Waals surface area contributed by atoms with Crippen molar-refractivity contribution in [2.75, 3.05) is 11.1 Å². The molecule has 0 aliphatic rings. The summed E-state index contributed by atoms with van der Waals surface area (Å²) in [5, 5.41) is 15.1. The van der Waals surface area contributed by atoms with Gasteiger partial charge in [-0.3, -0.25) is 9.36 Å². The number of nitrogens with zero attached hydrogens (tertiary/aromatic N) is 4. The minimum atomic E-state index is -0.329. The quantitative estimate of drug-likeness (QED) is 0.206. The molecule has 6 rings (SSSR count). The summed E-state index contributed by atoms with van der Waals surface area (Å²) < 4.78 is 15.4. The zero-order chi connectivity index (χ0) is 26.6. The Morgan fingerprint density at radius 1 is 0.897 bits per heavy atom. The Labute approximate surface area is 232 Å². The highest BCUT2D eigenvalue weighted by Gasteiger charge is 2.18. The fourth-order valence-corrected chi connectivity index (χ4v) is 5.93. The Hall–Kier alpha value is -4.34. The number of nitrogens with one attached hydrogen (secondary N) is 1. The van der Waals surface area contributed by atoms with Crippen molar-refractivity contribution in [1.29, 1.82) is 0 Å². The Bertz CT molecular complexity index is 1740. The van der Waals surface area contributed by atoms with E-state index in [0.29, 0.717) is 21.8 Å². The zero-order valence-electron chi connectivity index (χ0n) is 20.6. The Kier molecular flexibility index (Phi) is 7.16. The molecule has 39 heavy (non-hydrogen) atoms. The van der Waals surface area contributed by atoms with Crippen LogP contribution in [-0.2, 0) is 11.2 Å². The van der Waals surface area contributed by atoms with E-state index >= 15 is 0 Å². The van der Waals surface area contributed by atoms with E-state index in [1.807, 2.05) is 53.2 Å². The first-order valence-corrected chi connectivity index (χ1v) is 14.0. The van der Waals surface area contributed by atoms with Crippen molar-refractivity contribution in [2.24, 2.45) is 0 Å². The van der Waals surface area contributed by atoms with Gasteiger partial charge in [0.15, 0.2) is 16.1 Å². The molecule has 9 heteroatoms. The molecule has 192 valence electrons. The molecule has 0 fully saturated rings. The Morgan fingerprint density at radius 3 is 2.51 bits per heavy atom. The first kappa shape index (κ1) is 25.0. The number of amides is 1. The fourth-order valence-electron chi connectivity index (χ4n) is 4.33. The van der Waals surface area contributed by atoms with Crippen LogP contribution in [0.3, 0.4) is 0 Å². The molecule has 0 radical (unpaired) electrons. The summed E-state index contributed by atoms with van der Waals surface area (Å²) in [5.41, 5.74) is 2.80. The van der Waals surface area contributed by atoms with Gasteiger partial charge in [-0.1, -0.05) is 84.6 Å². The predicted molar refractivity (Wildman–Crippen MR) is 155 cm³/mol. The fraction of sp³-hybridized carbons (Fsp3) is 0.0667. The summed E-state index contributed by atoms with van der Waals surface area (Å²) in [5.74, 6) is 0.209. The molecule has 0 atom stereocenters. The highest BCUT2D eigenvalue weighted by Crippen LogP contribution is 2.29. The van der Waals surface area contributed by atoms with Crippen LogP contribution in [0.25, 0.3) is 27.8 Å². The summed E-state index contributed by atoms with van der Waals surface area (Å²) >= 11 is 2.73. The molecular formula is C30H22FN5OS2. The second-order valence-corrected chi connectivity index (χ2v) is 10.8. The van der Waals surface area contributed by atoms with Crippen LogP contribution >= 0.6 is 23.1 Å². The minimum Gasteiger partial charge on any atom is -0.301 e. The number of anilines is 1. The third kappa shape index (κ3) is 5.59. The number of halogens is 1. The lowest BCUT2D eigenvalue weighted by Crippen LogP contribution is -2.14. The van der Waals surface area contributed by atoms with E-state index < -0.39 is 0 Å². The van der Waals surface area contributed by atoms with Gasteiger partial charge in [-0.05, 0) is 40.6 Å². The first-order chi connectivity index (χ1) is 19.1. The molecule has 0 aliphatic carbocycles. The van der Waals surface area contributed by atoms with Crippen LogP contribution in [-0.4, -0.2) is 31.4 Å². The molecule has 0 saturated carbocycles. The molecule has 0 aliphatic heterocycles. The minimum absolute atomic E-state index is 0.117. The third-order valence-electron chi connectivity index (χ3n) is 6.13. The average molecular weight is 552 g/mol. The maximum atomic E-state index is 13.6. The van der Waals surface area contributed by atoms with E-state index in [2.05, 4.69) is 50.8 Å². The van der Waals surface area contributed by atoms with Gasteiger partial charge in [-0.25, -0.2) is 9.37 Å². The standard InChI is InChI=1S/C30H22FN5OS2/c31-23-13-15-24(16-14-23)36-28(21-8-2-1-3-9-21)34-35-30(36)38-19-27(37)33-29-32-18-25(39-29)17-22-11-6-10-20-7-4-5-12-26(20)22/h1-16,18H,17,19H2,(H,32,33,37). The van der Waals surface area contributed by atoms with Gasteiger partial charge in [0, 0.05) is 28.7 Å². The van der Waals surface area contributed by atoms with Crippen LogP contribution in [0, 0.1) is 5.82 Å². The molecule has 4 aromatic carbocycles. The molecule has 0 unspecified atom stereocenters. The Morgan fingerprint density at radius 2 is 1.67 bits per heavy atom. The molecule has 2 aromatic heterocycles. The summed E-state index contributed by atoms with van der Waals surface area (Å²) in [6.45, 7) is 0. The maximum absolute atomic E-state index is 13.6. The van der Waals surface area contributed by atoms with Gasteiger partial charge in [0.1, 0.15) is 5.82 Å². The first-order valence-electron chi connectivity index (χ1n) is 12.2.